The predicted molar refractivity (Wildman–Crippen MR) is 63.3 cm³/mol. The Balaban J connectivity index is 0.000000487. The van der Waals surface area contributed by atoms with Gasteiger partial charge in [0.05, 0.1) is 6.67 Å². The highest BCUT2D eigenvalue weighted by atomic mass is 16.6. The van der Waals surface area contributed by atoms with E-state index in [-0.39, 0.29) is 0 Å². The Labute approximate surface area is 97.0 Å². The lowest BCUT2D eigenvalue weighted by Gasteiger charge is -2.17. The molecule has 0 amide bonds. The second kappa shape index (κ2) is 8.88. The second-order valence-corrected chi connectivity index (χ2v) is 3.85. The van der Waals surface area contributed by atoms with Crippen molar-refractivity contribution in [1.82, 2.24) is 9.80 Å². The predicted octanol–water partition coefficient (Wildman–Crippen LogP) is 2.47. The van der Waals surface area contributed by atoms with Crippen LogP contribution in [0.3, 0.4) is 0 Å². The van der Waals surface area contributed by atoms with E-state index in [1.807, 2.05) is 0 Å². The largest absolute Gasteiger partial charge is 0.503 e. The highest BCUT2D eigenvalue weighted by Gasteiger charge is 2.06. The van der Waals surface area contributed by atoms with E-state index in [9.17, 15) is 0 Å². The first-order valence-electron chi connectivity index (χ1n) is 5.60. The summed E-state index contributed by atoms with van der Waals surface area (Å²) in [6.07, 6.45) is 7.92. The Kier molecular flexibility index (Phi) is 8.11. The van der Waals surface area contributed by atoms with Crippen LogP contribution in [0.4, 0.5) is 4.79 Å². The molecule has 1 rings (SSSR count). The molecule has 0 atom stereocenters. The van der Waals surface area contributed by atoms with Crippen molar-refractivity contribution in [2.45, 2.75) is 32.6 Å². The first-order chi connectivity index (χ1) is 7.56. The summed E-state index contributed by atoms with van der Waals surface area (Å²) in [5.74, 6) is 0. The van der Waals surface area contributed by atoms with Crippen LogP contribution in [0.25, 0.3) is 0 Å². The van der Waals surface area contributed by atoms with E-state index >= 15 is 0 Å². The van der Waals surface area contributed by atoms with E-state index in [0.717, 1.165) is 6.67 Å². The molecule has 1 aliphatic heterocycles. The molecule has 0 radical (unpaired) electrons. The molecule has 0 fully saturated rings. The van der Waals surface area contributed by atoms with Crippen molar-refractivity contribution >= 4 is 6.16 Å². The average molecular weight is 230 g/mol. The second-order valence-electron chi connectivity index (χ2n) is 3.85. The van der Waals surface area contributed by atoms with Gasteiger partial charge in [-0.1, -0.05) is 26.2 Å². The van der Waals surface area contributed by atoms with Gasteiger partial charge in [-0.05, 0) is 6.42 Å². The summed E-state index contributed by atoms with van der Waals surface area (Å²) >= 11 is 0. The van der Waals surface area contributed by atoms with E-state index in [2.05, 4.69) is 36.2 Å². The molecule has 0 saturated heterocycles. The fourth-order valence-electron chi connectivity index (χ4n) is 1.48. The molecule has 16 heavy (non-hydrogen) atoms. The number of unbranched alkanes of at least 4 members (excludes halogenated alkanes) is 3. The Morgan fingerprint density at radius 3 is 2.31 bits per heavy atom. The van der Waals surface area contributed by atoms with Crippen LogP contribution in [0.15, 0.2) is 12.4 Å². The molecule has 0 aromatic rings. The van der Waals surface area contributed by atoms with E-state index < -0.39 is 6.16 Å². The molecule has 0 unspecified atom stereocenters. The third kappa shape index (κ3) is 9.18. The van der Waals surface area contributed by atoms with Gasteiger partial charge in [0.25, 0.3) is 0 Å². The molecule has 0 aromatic carbocycles. The summed E-state index contributed by atoms with van der Waals surface area (Å²) in [4.78, 5) is 13.1. The Morgan fingerprint density at radius 2 is 1.88 bits per heavy atom. The van der Waals surface area contributed by atoms with Crippen molar-refractivity contribution in [1.29, 1.82) is 0 Å². The third-order valence-corrected chi connectivity index (χ3v) is 2.24. The smallest absolute Gasteiger partial charge is 0.450 e. The van der Waals surface area contributed by atoms with Gasteiger partial charge in [0.2, 0.25) is 0 Å². The minimum atomic E-state index is -1.83. The minimum Gasteiger partial charge on any atom is -0.450 e. The molecule has 0 spiro atoms. The summed E-state index contributed by atoms with van der Waals surface area (Å²) in [7, 11) is 2.11. The standard InChI is InChI=1S/C10H20N2.CH2O3/c1-3-4-5-6-7-12-9-8-11(2)10-12;2-1(3)4/h8-9H,3-7,10H2,1-2H3;(H2,2,3,4). The van der Waals surface area contributed by atoms with Crippen molar-refractivity contribution in [3.8, 4) is 0 Å². The molecular weight excluding hydrogens is 208 g/mol. The van der Waals surface area contributed by atoms with Gasteiger partial charge in [-0.25, -0.2) is 4.79 Å². The van der Waals surface area contributed by atoms with Crippen LogP contribution in [-0.2, 0) is 0 Å². The maximum absolute atomic E-state index is 8.56. The lowest BCUT2D eigenvalue weighted by molar-refractivity contribution is 0.137. The molecule has 2 N–H and O–H groups in total. The summed E-state index contributed by atoms with van der Waals surface area (Å²) in [5, 5.41) is 13.9. The highest BCUT2D eigenvalue weighted by Crippen LogP contribution is 2.06. The molecule has 0 saturated carbocycles. The Morgan fingerprint density at radius 1 is 1.25 bits per heavy atom. The van der Waals surface area contributed by atoms with Gasteiger partial charge in [0.1, 0.15) is 0 Å². The molecule has 1 heterocycles. The van der Waals surface area contributed by atoms with Gasteiger partial charge in [0, 0.05) is 26.0 Å². The zero-order valence-corrected chi connectivity index (χ0v) is 10.1. The fourth-order valence-corrected chi connectivity index (χ4v) is 1.48. The lowest BCUT2D eigenvalue weighted by atomic mass is 10.2. The third-order valence-electron chi connectivity index (χ3n) is 2.24. The van der Waals surface area contributed by atoms with Crippen LogP contribution in [0.5, 0.6) is 0 Å². The maximum Gasteiger partial charge on any atom is 0.503 e. The lowest BCUT2D eigenvalue weighted by Crippen LogP contribution is -2.23. The first-order valence-corrected chi connectivity index (χ1v) is 5.60. The molecule has 1 aliphatic rings. The van der Waals surface area contributed by atoms with Crippen molar-refractivity contribution in [2.24, 2.45) is 0 Å². The number of rotatable bonds is 5. The summed E-state index contributed by atoms with van der Waals surface area (Å²) in [5.41, 5.74) is 0. The van der Waals surface area contributed by atoms with Crippen molar-refractivity contribution in [3.05, 3.63) is 12.4 Å². The van der Waals surface area contributed by atoms with Gasteiger partial charge >= 0.3 is 6.16 Å². The number of hydrogen-bond acceptors (Lipinski definition) is 3. The number of hydrogen-bond donors (Lipinski definition) is 2. The van der Waals surface area contributed by atoms with E-state index in [1.165, 1.54) is 32.2 Å². The quantitative estimate of drug-likeness (QED) is 0.710. The Hall–Kier alpha value is -1.39. The zero-order valence-electron chi connectivity index (χ0n) is 10.1. The summed E-state index contributed by atoms with van der Waals surface area (Å²) in [6, 6.07) is 0. The summed E-state index contributed by atoms with van der Waals surface area (Å²) in [6.45, 7) is 4.55. The number of carboxylic acid groups (broad SMARTS) is 2. The number of nitrogens with zero attached hydrogens (tertiary/aromatic N) is 2. The molecule has 5 nitrogen and oxygen atoms in total. The first kappa shape index (κ1) is 14.6. The summed E-state index contributed by atoms with van der Waals surface area (Å²) < 4.78 is 0. The van der Waals surface area contributed by atoms with Crippen LogP contribution in [0, 0.1) is 0 Å². The molecule has 94 valence electrons. The topological polar surface area (TPSA) is 64.0 Å². The maximum atomic E-state index is 8.56. The highest BCUT2D eigenvalue weighted by molar-refractivity contribution is 5.53. The molecule has 0 aliphatic carbocycles. The molecule has 0 aromatic heterocycles. The van der Waals surface area contributed by atoms with Crippen molar-refractivity contribution in [2.75, 3.05) is 20.3 Å². The van der Waals surface area contributed by atoms with E-state index in [1.54, 1.807) is 0 Å². The van der Waals surface area contributed by atoms with Gasteiger partial charge < -0.3 is 20.0 Å². The fraction of sp³-hybridized carbons (Fsp3) is 0.727. The molecule has 0 bridgehead atoms. The van der Waals surface area contributed by atoms with Crippen LogP contribution < -0.4 is 0 Å². The van der Waals surface area contributed by atoms with Gasteiger partial charge in [0.15, 0.2) is 0 Å². The van der Waals surface area contributed by atoms with Crippen LogP contribution in [-0.4, -0.2) is 46.4 Å². The van der Waals surface area contributed by atoms with Crippen LogP contribution >= 0.6 is 0 Å². The van der Waals surface area contributed by atoms with Crippen LogP contribution in [0.2, 0.25) is 0 Å². The normalized spacial score (nSPS) is 13.6. The van der Waals surface area contributed by atoms with Crippen LogP contribution in [0.1, 0.15) is 32.6 Å². The molecular formula is C11H22N2O3. The van der Waals surface area contributed by atoms with Gasteiger partial charge in [-0.15, -0.1) is 0 Å². The molecule has 5 heteroatoms. The van der Waals surface area contributed by atoms with Crippen molar-refractivity contribution < 1.29 is 15.0 Å². The monoisotopic (exact) mass is 230 g/mol. The van der Waals surface area contributed by atoms with E-state index in [4.69, 9.17) is 15.0 Å². The van der Waals surface area contributed by atoms with Crippen molar-refractivity contribution in [3.63, 3.8) is 0 Å². The average Bonchev–Trinajstić information content (AvgIpc) is 2.58. The Bertz CT molecular complexity index is 215. The van der Waals surface area contributed by atoms with E-state index in [0.29, 0.717) is 0 Å². The zero-order chi connectivity index (χ0) is 12.4. The SMILES string of the molecule is CCCCCCN1C=CN(C)C1.O=C(O)O. The minimum absolute atomic E-state index is 1.08. The van der Waals surface area contributed by atoms with Gasteiger partial charge in [-0.2, -0.15) is 0 Å². The van der Waals surface area contributed by atoms with Gasteiger partial charge in [-0.3, -0.25) is 0 Å². The number of carbonyl (C=O) groups is 1.